The highest BCUT2D eigenvalue weighted by atomic mass is 35.5. The molecule has 0 atom stereocenters. The molecule has 0 radical (unpaired) electrons. The molecular formula is C16H13Cl2FN2O2. The standard InChI is InChI=1S/C16H13Cl2FN2O2/c17-11-6-5-10(12(18)9-11)7-8-20-15(22)16(23)21-14-4-2-1-3-13(14)19/h1-6,9H,7-8H2,(H,20,22)(H,21,23). The molecule has 0 saturated heterocycles. The van der Waals surface area contributed by atoms with Crippen LogP contribution in [-0.2, 0) is 16.0 Å². The van der Waals surface area contributed by atoms with E-state index in [4.69, 9.17) is 23.2 Å². The second-order valence-electron chi connectivity index (χ2n) is 4.68. The number of para-hydroxylation sites is 1. The van der Waals surface area contributed by atoms with Gasteiger partial charge in [-0.25, -0.2) is 4.39 Å². The molecule has 23 heavy (non-hydrogen) atoms. The average molecular weight is 355 g/mol. The van der Waals surface area contributed by atoms with E-state index in [0.29, 0.717) is 16.5 Å². The van der Waals surface area contributed by atoms with Gasteiger partial charge in [-0.15, -0.1) is 0 Å². The molecule has 0 aromatic heterocycles. The van der Waals surface area contributed by atoms with Gasteiger partial charge in [0, 0.05) is 16.6 Å². The van der Waals surface area contributed by atoms with E-state index in [1.54, 1.807) is 24.3 Å². The molecule has 0 saturated carbocycles. The molecule has 0 aliphatic carbocycles. The van der Waals surface area contributed by atoms with E-state index in [9.17, 15) is 14.0 Å². The molecular weight excluding hydrogens is 342 g/mol. The van der Waals surface area contributed by atoms with Crippen molar-refractivity contribution < 1.29 is 14.0 Å². The fourth-order valence-corrected chi connectivity index (χ4v) is 2.36. The van der Waals surface area contributed by atoms with E-state index in [-0.39, 0.29) is 12.2 Å². The maximum atomic E-state index is 13.4. The van der Waals surface area contributed by atoms with Gasteiger partial charge in [-0.3, -0.25) is 9.59 Å². The highest BCUT2D eigenvalue weighted by Crippen LogP contribution is 2.21. The first-order chi connectivity index (χ1) is 11.0. The first-order valence-corrected chi connectivity index (χ1v) is 7.50. The molecule has 0 spiro atoms. The van der Waals surface area contributed by atoms with Crippen molar-refractivity contribution in [3.05, 3.63) is 63.9 Å². The zero-order valence-electron chi connectivity index (χ0n) is 11.9. The van der Waals surface area contributed by atoms with Crippen LogP contribution in [0, 0.1) is 5.82 Å². The van der Waals surface area contributed by atoms with Crippen LogP contribution in [0.2, 0.25) is 10.0 Å². The molecule has 0 unspecified atom stereocenters. The SMILES string of the molecule is O=C(NCCc1ccc(Cl)cc1Cl)C(=O)Nc1ccccc1F. The van der Waals surface area contributed by atoms with Crippen molar-refractivity contribution in [1.82, 2.24) is 5.32 Å². The number of carbonyl (C=O) groups is 2. The average Bonchev–Trinajstić information content (AvgIpc) is 2.51. The number of anilines is 1. The summed E-state index contributed by atoms with van der Waals surface area (Å²) in [5.74, 6) is -2.39. The molecule has 2 amide bonds. The highest BCUT2D eigenvalue weighted by Gasteiger charge is 2.15. The van der Waals surface area contributed by atoms with Crippen molar-refractivity contribution in [3.8, 4) is 0 Å². The Morgan fingerprint density at radius 2 is 1.78 bits per heavy atom. The summed E-state index contributed by atoms with van der Waals surface area (Å²) in [7, 11) is 0. The number of carbonyl (C=O) groups excluding carboxylic acids is 2. The minimum Gasteiger partial charge on any atom is -0.347 e. The molecule has 0 bridgehead atoms. The zero-order chi connectivity index (χ0) is 16.8. The van der Waals surface area contributed by atoms with Crippen molar-refractivity contribution in [2.45, 2.75) is 6.42 Å². The number of rotatable bonds is 4. The normalized spacial score (nSPS) is 10.2. The Labute approximate surface area is 142 Å². The van der Waals surface area contributed by atoms with E-state index >= 15 is 0 Å². The largest absolute Gasteiger partial charge is 0.347 e. The Bertz CT molecular complexity index is 738. The number of hydrogen-bond acceptors (Lipinski definition) is 2. The van der Waals surface area contributed by atoms with Gasteiger partial charge in [0.15, 0.2) is 0 Å². The monoisotopic (exact) mass is 354 g/mol. The van der Waals surface area contributed by atoms with Gasteiger partial charge in [-0.2, -0.15) is 0 Å². The molecule has 0 fully saturated rings. The molecule has 2 aromatic carbocycles. The summed E-state index contributed by atoms with van der Waals surface area (Å²) in [6, 6.07) is 10.6. The van der Waals surface area contributed by atoms with Gasteiger partial charge in [-0.1, -0.05) is 41.4 Å². The van der Waals surface area contributed by atoms with Crippen LogP contribution in [0.3, 0.4) is 0 Å². The quantitative estimate of drug-likeness (QED) is 0.826. The van der Waals surface area contributed by atoms with E-state index in [1.165, 1.54) is 18.2 Å². The molecule has 2 rings (SSSR count). The highest BCUT2D eigenvalue weighted by molar-refractivity contribution is 6.39. The Morgan fingerprint density at radius 3 is 2.48 bits per heavy atom. The van der Waals surface area contributed by atoms with Gasteiger partial charge in [0.1, 0.15) is 5.82 Å². The van der Waals surface area contributed by atoms with Crippen LogP contribution in [0.4, 0.5) is 10.1 Å². The molecule has 2 N–H and O–H groups in total. The molecule has 120 valence electrons. The molecule has 2 aromatic rings. The molecule has 0 aliphatic rings. The van der Waals surface area contributed by atoms with Crippen molar-refractivity contribution in [1.29, 1.82) is 0 Å². The predicted octanol–water partition coefficient (Wildman–Crippen LogP) is 3.43. The summed E-state index contributed by atoms with van der Waals surface area (Å²) < 4.78 is 13.4. The van der Waals surface area contributed by atoms with Gasteiger partial charge >= 0.3 is 11.8 Å². The topological polar surface area (TPSA) is 58.2 Å². The third-order valence-corrected chi connectivity index (χ3v) is 3.61. The molecule has 0 aliphatic heterocycles. The van der Waals surface area contributed by atoms with Crippen LogP contribution >= 0.6 is 23.2 Å². The van der Waals surface area contributed by atoms with Crippen molar-refractivity contribution >= 4 is 40.7 Å². The summed E-state index contributed by atoms with van der Waals surface area (Å²) in [6.07, 6.45) is 0.439. The van der Waals surface area contributed by atoms with Crippen LogP contribution in [0.15, 0.2) is 42.5 Å². The van der Waals surface area contributed by atoms with Crippen LogP contribution < -0.4 is 10.6 Å². The number of amides is 2. The first kappa shape index (κ1) is 17.2. The van der Waals surface area contributed by atoms with E-state index in [2.05, 4.69) is 10.6 Å². The van der Waals surface area contributed by atoms with Crippen molar-refractivity contribution in [2.24, 2.45) is 0 Å². The summed E-state index contributed by atoms with van der Waals surface area (Å²) in [6.45, 7) is 0.213. The first-order valence-electron chi connectivity index (χ1n) is 6.75. The van der Waals surface area contributed by atoms with Gasteiger partial charge < -0.3 is 10.6 Å². The lowest BCUT2D eigenvalue weighted by molar-refractivity contribution is -0.136. The van der Waals surface area contributed by atoms with E-state index in [0.717, 1.165) is 5.56 Å². The lowest BCUT2D eigenvalue weighted by Crippen LogP contribution is -2.36. The van der Waals surface area contributed by atoms with E-state index < -0.39 is 17.6 Å². The lowest BCUT2D eigenvalue weighted by Gasteiger charge is -2.08. The van der Waals surface area contributed by atoms with Crippen LogP contribution in [-0.4, -0.2) is 18.4 Å². The summed E-state index contributed by atoms with van der Waals surface area (Å²) in [4.78, 5) is 23.4. The maximum Gasteiger partial charge on any atom is 0.313 e. The second-order valence-corrected chi connectivity index (χ2v) is 5.52. The minimum absolute atomic E-state index is 0.0478. The summed E-state index contributed by atoms with van der Waals surface area (Å²) in [5, 5.41) is 5.66. The zero-order valence-corrected chi connectivity index (χ0v) is 13.4. The van der Waals surface area contributed by atoms with Gasteiger partial charge in [-0.05, 0) is 36.2 Å². The number of benzene rings is 2. The van der Waals surface area contributed by atoms with Gasteiger partial charge in [0.05, 0.1) is 5.69 Å². The lowest BCUT2D eigenvalue weighted by atomic mass is 10.1. The second kappa shape index (κ2) is 7.94. The predicted molar refractivity (Wildman–Crippen MR) is 88.2 cm³/mol. The number of hydrogen-bond donors (Lipinski definition) is 2. The Kier molecular flexibility index (Phi) is 5.96. The van der Waals surface area contributed by atoms with Crippen molar-refractivity contribution in [2.75, 3.05) is 11.9 Å². The molecule has 7 heteroatoms. The van der Waals surface area contributed by atoms with Crippen LogP contribution in [0.5, 0.6) is 0 Å². The van der Waals surface area contributed by atoms with Crippen LogP contribution in [0.25, 0.3) is 0 Å². The fraction of sp³-hybridized carbons (Fsp3) is 0.125. The number of halogens is 3. The fourth-order valence-electron chi connectivity index (χ4n) is 1.86. The third-order valence-electron chi connectivity index (χ3n) is 3.02. The summed E-state index contributed by atoms with van der Waals surface area (Å²) in [5.41, 5.74) is 0.749. The smallest absolute Gasteiger partial charge is 0.313 e. The Hall–Kier alpha value is -2.11. The van der Waals surface area contributed by atoms with Gasteiger partial charge in [0.2, 0.25) is 0 Å². The summed E-state index contributed by atoms with van der Waals surface area (Å²) >= 11 is 11.8. The van der Waals surface area contributed by atoms with Crippen LogP contribution in [0.1, 0.15) is 5.56 Å². The van der Waals surface area contributed by atoms with Crippen molar-refractivity contribution in [3.63, 3.8) is 0 Å². The Balaban J connectivity index is 1.85. The minimum atomic E-state index is -0.933. The third kappa shape index (κ3) is 4.94. The Morgan fingerprint density at radius 1 is 1.04 bits per heavy atom. The maximum absolute atomic E-state index is 13.4. The molecule has 4 nitrogen and oxygen atoms in total. The number of nitrogens with one attached hydrogen (secondary N) is 2. The van der Waals surface area contributed by atoms with E-state index in [1.807, 2.05) is 0 Å². The van der Waals surface area contributed by atoms with Gasteiger partial charge in [0.25, 0.3) is 0 Å². The molecule has 0 heterocycles.